The maximum atomic E-state index is 13.9. The Balaban J connectivity index is 1.47. The van der Waals surface area contributed by atoms with Gasteiger partial charge in [0.1, 0.15) is 11.5 Å². The number of aromatic nitrogens is 6. The van der Waals surface area contributed by atoms with E-state index in [1.54, 1.807) is 41.0 Å². The minimum Gasteiger partial charge on any atom is -0.382 e. The van der Waals surface area contributed by atoms with Gasteiger partial charge in [0, 0.05) is 45.6 Å². The van der Waals surface area contributed by atoms with Gasteiger partial charge in [-0.15, -0.1) is 0 Å². The van der Waals surface area contributed by atoms with Crippen molar-refractivity contribution in [1.29, 1.82) is 0 Å². The predicted molar refractivity (Wildman–Crippen MR) is 126 cm³/mol. The Morgan fingerprint density at radius 3 is 2.86 bits per heavy atom. The number of nitrogens with one attached hydrogen (secondary N) is 1. The van der Waals surface area contributed by atoms with Crippen molar-refractivity contribution < 1.29 is 22.4 Å². The summed E-state index contributed by atoms with van der Waals surface area (Å²) in [5.74, 6) is -1.50. The van der Waals surface area contributed by atoms with Gasteiger partial charge in [0.25, 0.3) is 5.91 Å². The van der Waals surface area contributed by atoms with Crippen LogP contribution in [0.4, 0.5) is 20.5 Å². The highest BCUT2D eigenvalue weighted by atomic mass is 19.2. The normalized spacial score (nSPS) is 16.9. The molecule has 0 spiro atoms. The highest BCUT2D eigenvalue weighted by molar-refractivity contribution is 5.92. The third kappa shape index (κ3) is 4.42. The molecule has 4 heterocycles. The molecule has 12 heteroatoms. The van der Waals surface area contributed by atoms with Crippen LogP contribution >= 0.6 is 0 Å². The molecule has 0 aliphatic carbocycles. The molecule has 0 saturated carbocycles. The molecule has 5 rings (SSSR count). The van der Waals surface area contributed by atoms with E-state index >= 15 is 0 Å². The van der Waals surface area contributed by atoms with Gasteiger partial charge in [-0.25, -0.2) is 23.7 Å². The first-order chi connectivity index (χ1) is 18.5. The molecule has 1 aliphatic rings. The van der Waals surface area contributed by atoms with Crippen molar-refractivity contribution in [3.05, 3.63) is 71.4 Å². The van der Waals surface area contributed by atoms with Crippen LogP contribution in [0.25, 0.3) is 11.4 Å². The van der Waals surface area contributed by atoms with Crippen LogP contribution in [0.5, 0.6) is 0 Å². The molecular formula is C24H24F2N8O2. The van der Waals surface area contributed by atoms with E-state index in [9.17, 15) is 13.6 Å². The lowest BCUT2D eigenvalue weighted by Gasteiger charge is -2.35. The van der Waals surface area contributed by atoms with Crippen molar-refractivity contribution in [2.75, 3.05) is 19.0 Å². The van der Waals surface area contributed by atoms with E-state index in [0.29, 0.717) is 28.7 Å². The number of ether oxygens (including phenoxy) is 1. The number of imidazole rings is 1. The summed E-state index contributed by atoms with van der Waals surface area (Å²) in [4.78, 5) is 28.4. The van der Waals surface area contributed by atoms with Gasteiger partial charge < -0.3 is 19.5 Å². The van der Waals surface area contributed by atoms with Crippen molar-refractivity contribution >= 4 is 17.7 Å². The summed E-state index contributed by atoms with van der Waals surface area (Å²) in [7, 11) is -0.905. The molecular weight excluding hydrogens is 470 g/mol. The minimum atomic E-state index is -2.67. The summed E-state index contributed by atoms with van der Waals surface area (Å²) in [5, 5.41) is 7.18. The number of methoxy groups -OCH3 is 1. The number of benzene rings is 1. The molecule has 4 aromatic rings. The summed E-state index contributed by atoms with van der Waals surface area (Å²) in [5.41, 5.74) is 1.96. The molecule has 1 N–H and O–H groups in total. The third-order valence-electron chi connectivity index (χ3n) is 5.96. The Kier molecular flexibility index (Phi) is 5.27. The van der Waals surface area contributed by atoms with Crippen LogP contribution in [0.1, 0.15) is 25.9 Å². The first-order valence-corrected chi connectivity index (χ1v) is 11.0. The predicted octanol–water partition coefficient (Wildman–Crippen LogP) is 3.07. The first kappa shape index (κ1) is 20.0. The first-order valence-electron chi connectivity index (χ1n) is 12.5. The van der Waals surface area contributed by atoms with Crippen molar-refractivity contribution in [1.82, 2.24) is 34.2 Å². The van der Waals surface area contributed by atoms with Crippen LogP contribution in [-0.2, 0) is 24.9 Å². The minimum absolute atomic E-state index is 0.0943. The summed E-state index contributed by atoms with van der Waals surface area (Å²) in [6.45, 7) is 1.58. The standard InChI is InChI=1S/C24H24F2N8O2/c1-14-9-27-24(30-20-6-7-28-32(20)2)31-21(14)19-12-33-11-16(13-36-3)34(23(35)22(33)29-19)10-15-4-5-17(25)18(26)8-15/h4-9,12,16H,10-11,13H2,1-3H3,(H,27,30,31)/i3D3. The van der Waals surface area contributed by atoms with Crippen molar-refractivity contribution in [2.45, 2.75) is 26.1 Å². The summed E-state index contributed by atoms with van der Waals surface area (Å²) < 4.78 is 57.8. The fraction of sp³-hybridized carbons (Fsp3) is 0.292. The number of hydrogen-bond acceptors (Lipinski definition) is 7. The lowest BCUT2D eigenvalue weighted by Crippen LogP contribution is -2.49. The number of nitrogens with zero attached hydrogens (tertiary/aromatic N) is 7. The largest absolute Gasteiger partial charge is 0.382 e. The number of fused-ring (bicyclic) bond motifs is 1. The van der Waals surface area contributed by atoms with Gasteiger partial charge in [-0.3, -0.25) is 9.48 Å². The van der Waals surface area contributed by atoms with E-state index in [1.165, 1.54) is 11.0 Å². The Hall–Kier alpha value is -4.19. The van der Waals surface area contributed by atoms with Crippen LogP contribution in [-0.4, -0.2) is 59.8 Å². The topological polar surface area (TPSA) is 103 Å². The molecule has 0 bridgehead atoms. The Morgan fingerprint density at radius 2 is 2.11 bits per heavy atom. The average molecular weight is 498 g/mol. The van der Waals surface area contributed by atoms with Crippen LogP contribution in [0.2, 0.25) is 0 Å². The van der Waals surface area contributed by atoms with Gasteiger partial charge in [0.15, 0.2) is 17.5 Å². The lowest BCUT2D eigenvalue weighted by atomic mass is 10.1. The molecule has 0 saturated heterocycles. The Morgan fingerprint density at radius 1 is 1.25 bits per heavy atom. The van der Waals surface area contributed by atoms with E-state index in [1.807, 2.05) is 6.92 Å². The van der Waals surface area contributed by atoms with Crippen molar-refractivity contribution in [2.24, 2.45) is 7.05 Å². The van der Waals surface area contributed by atoms with Crippen LogP contribution in [0.15, 0.2) is 42.9 Å². The van der Waals surface area contributed by atoms with Crippen LogP contribution in [0, 0.1) is 18.6 Å². The number of anilines is 2. The molecule has 1 unspecified atom stereocenters. The van der Waals surface area contributed by atoms with Gasteiger partial charge in [0.05, 0.1) is 28.7 Å². The van der Waals surface area contributed by atoms with Crippen LogP contribution < -0.4 is 5.32 Å². The van der Waals surface area contributed by atoms with E-state index in [2.05, 4.69) is 25.4 Å². The monoisotopic (exact) mass is 497 g/mol. The van der Waals surface area contributed by atoms with E-state index in [-0.39, 0.29) is 25.5 Å². The molecule has 10 nitrogen and oxygen atoms in total. The fourth-order valence-electron chi connectivity index (χ4n) is 4.11. The Labute approximate surface area is 209 Å². The second-order valence-corrected chi connectivity index (χ2v) is 8.44. The smallest absolute Gasteiger partial charge is 0.290 e. The number of rotatable bonds is 7. The zero-order chi connectivity index (χ0) is 27.9. The molecule has 3 aromatic heterocycles. The number of aryl methyl sites for hydroxylation is 2. The maximum Gasteiger partial charge on any atom is 0.290 e. The number of carbonyl (C=O) groups excluding carboxylic acids is 1. The fourth-order valence-corrected chi connectivity index (χ4v) is 4.11. The van der Waals surface area contributed by atoms with Gasteiger partial charge in [-0.2, -0.15) is 5.10 Å². The van der Waals surface area contributed by atoms with Crippen molar-refractivity contribution in [3.63, 3.8) is 0 Å². The van der Waals surface area contributed by atoms with E-state index < -0.39 is 30.6 Å². The molecule has 1 aromatic carbocycles. The Bertz CT molecular complexity index is 1540. The van der Waals surface area contributed by atoms with E-state index in [0.717, 1.165) is 17.7 Å². The maximum absolute atomic E-state index is 13.9. The quantitative estimate of drug-likeness (QED) is 0.419. The molecule has 1 amide bonds. The lowest BCUT2D eigenvalue weighted by molar-refractivity contribution is 0.0379. The summed E-state index contributed by atoms with van der Waals surface area (Å²) >= 11 is 0. The number of halogens is 2. The van der Waals surface area contributed by atoms with Gasteiger partial charge in [-0.1, -0.05) is 6.07 Å². The SMILES string of the molecule is [2H]C([2H])([2H])OCC1Cn2cc(-c3nc(Nc4ccnn4C)ncc3C)nc2C(=O)N1Cc1ccc(F)c(F)c1. The van der Waals surface area contributed by atoms with E-state index in [4.69, 9.17) is 8.85 Å². The van der Waals surface area contributed by atoms with Gasteiger partial charge in [-0.05, 0) is 30.2 Å². The number of hydrogen-bond donors (Lipinski definition) is 1. The highest BCUT2D eigenvalue weighted by Gasteiger charge is 2.35. The van der Waals surface area contributed by atoms with Gasteiger partial charge in [0.2, 0.25) is 5.95 Å². The molecule has 0 radical (unpaired) electrons. The molecule has 36 heavy (non-hydrogen) atoms. The van der Waals surface area contributed by atoms with Gasteiger partial charge >= 0.3 is 0 Å². The highest BCUT2D eigenvalue weighted by Crippen LogP contribution is 2.27. The molecule has 1 atom stereocenters. The second kappa shape index (κ2) is 9.46. The third-order valence-corrected chi connectivity index (χ3v) is 5.96. The van der Waals surface area contributed by atoms with Crippen molar-refractivity contribution in [3.8, 4) is 11.4 Å². The zero-order valence-corrected chi connectivity index (χ0v) is 19.4. The van der Waals surface area contributed by atoms with Crippen LogP contribution in [0.3, 0.4) is 0 Å². The summed E-state index contributed by atoms with van der Waals surface area (Å²) in [6, 6.07) is 4.38. The molecule has 186 valence electrons. The molecule has 0 fully saturated rings. The molecule has 1 aliphatic heterocycles. The number of carbonyl (C=O) groups is 1. The summed E-state index contributed by atoms with van der Waals surface area (Å²) in [6.07, 6.45) is 4.92. The average Bonchev–Trinajstić information content (AvgIpc) is 3.49. The second-order valence-electron chi connectivity index (χ2n) is 8.44. The zero-order valence-electron chi connectivity index (χ0n) is 22.4. The number of amides is 1.